The second-order valence-electron chi connectivity index (χ2n) is 5.94. The van der Waals surface area contributed by atoms with Crippen LogP contribution in [-0.4, -0.2) is 70.9 Å². The van der Waals surface area contributed by atoms with Gasteiger partial charge in [-0.3, -0.25) is 19.6 Å². The van der Waals surface area contributed by atoms with Gasteiger partial charge in [-0.05, 0) is 24.3 Å². The lowest BCUT2D eigenvalue weighted by Crippen LogP contribution is -2.52. The highest BCUT2D eigenvalue weighted by atomic mass is 16.2. The highest BCUT2D eigenvalue weighted by molar-refractivity contribution is 5.83. The average Bonchev–Trinajstić information content (AvgIpc) is 2.72. The lowest BCUT2D eigenvalue weighted by molar-refractivity contribution is -0.137. The van der Waals surface area contributed by atoms with Crippen LogP contribution in [0.4, 0.5) is 11.4 Å². The molecule has 3 heterocycles. The Morgan fingerprint density at radius 1 is 0.731 bits per heavy atom. The van der Waals surface area contributed by atoms with Gasteiger partial charge in [-0.25, -0.2) is 0 Å². The first kappa shape index (κ1) is 17.7. The topological polar surface area (TPSA) is 90.5 Å². The van der Waals surface area contributed by atoms with Gasteiger partial charge < -0.3 is 20.4 Å². The number of carbonyl (C=O) groups is 2. The van der Waals surface area contributed by atoms with Gasteiger partial charge in [0.1, 0.15) is 0 Å². The molecule has 0 unspecified atom stereocenters. The predicted molar refractivity (Wildman–Crippen MR) is 98.6 cm³/mol. The molecule has 0 saturated carbocycles. The number of hydrogen-bond acceptors (Lipinski definition) is 6. The molecule has 2 aromatic rings. The summed E-state index contributed by atoms with van der Waals surface area (Å²) in [5.41, 5.74) is 1.73. The Morgan fingerprint density at radius 3 is 1.42 bits per heavy atom. The van der Waals surface area contributed by atoms with E-state index in [1.807, 2.05) is 24.3 Å². The fraction of sp³-hybridized carbons (Fsp3) is 0.333. The lowest BCUT2D eigenvalue weighted by Gasteiger charge is -2.35. The maximum absolute atomic E-state index is 12.3. The van der Waals surface area contributed by atoms with E-state index in [1.54, 1.807) is 34.6 Å². The van der Waals surface area contributed by atoms with E-state index in [4.69, 9.17) is 0 Å². The molecule has 0 radical (unpaired) electrons. The van der Waals surface area contributed by atoms with Crippen LogP contribution in [0.3, 0.4) is 0 Å². The van der Waals surface area contributed by atoms with Crippen molar-refractivity contribution >= 4 is 23.2 Å². The SMILES string of the molecule is O=C(CNc1ccncc1)N1CCN(C(=O)CNc2ccncc2)CC1. The molecule has 8 heteroatoms. The van der Waals surface area contributed by atoms with E-state index >= 15 is 0 Å². The third kappa shape index (κ3) is 4.92. The second kappa shape index (κ2) is 8.80. The van der Waals surface area contributed by atoms with Crippen LogP contribution in [-0.2, 0) is 9.59 Å². The Bertz CT molecular complexity index is 653. The van der Waals surface area contributed by atoms with Crippen molar-refractivity contribution in [3.05, 3.63) is 49.1 Å². The van der Waals surface area contributed by atoms with E-state index in [-0.39, 0.29) is 24.9 Å². The van der Waals surface area contributed by atoms with Crippen LogP contribution in [0, 0.1) is 0 Å². The molecule has 2 N–H and O–H groups in total. The summed E-state index contributed by atoms with van der Waals surface area (Å²) in [4.78, 5) is 36.0. The Hall–Kier alpha value is -3.16. The zero-order valence-corrected chi connectivity index (χ0v) is 14.5. The summed E-state index contributed by atoms with van der Waals surface area (Å²) in [5, 5.41) is 6.17. The zero-order chi connectivity index (χ0) is 18.2. The highest BCUT2D eigenvalue weighted by Gasteiger charge is 2.23. The number of amides is 2. The van der Waals surface area contributed by atoms with Crippen LogP contribution in [0.1, 0.15) is 0 Å². The van der Waals surface area contributed by atoms with Gasteiger partial charge in [0.15, 0.2) is 0 Å². The zero-order valence-electron chi connectivity index (χ0n) is 14.5. The minimum Gasteiger partial charge on any atom is -0.376 e. The highest BCUT2D eigenvalue weighted by Crippen LogP contribution is 2.07. The standard InChI is InChI=1S/C18H22N6O2/c25-17(13-21-15-1-5-19-6-2-15)23-9-11-24(12-10-23)18(26)14-22-16-3-7-20-8-4-16/h1-8H,9-14H2,(H,19,21)(H,20,22). The van der Waals surface area contributed by atoms with E-state index in [9.17, 15) is 9.59 Å². The van der Waals surface area contributed by atoms with Crippen LogP contribution in [0.2, 0.25) is 0 Å². The molecule has 0 atom stereocenters. The summed E-state index contributed by atoms with van der Waals surface area (Å²) >= 11 is 0. The Balaban J connectivity index is 1.39. The van der Waals surface area contributed by atoms with E-state index in [2.05, 4.69) is 20.6 Å². The minimum absolute atomic E-state index is 0.0313. The molecule has 1 aliphatic heterocycles. The molecule has 136 valence electrons. The summed E-state index contributed by atoms with van der Waals surface area (Å²) in [7, 11) is 0. The van der Waals surface area contributed by atoms with Crippen molar-refractivity contribution in [2.45, 2.75) is 0 Å². The van der Waals surface area contributed by atoms with E-state index in [0.29, 0.717) is 26.2 Å². The van der Waals surface area contributed by atoms with E-state index < -0.39 is 0 Å². The number of nitrogens with zero attached hydrogens (tertiary/aromatic N) is 4. The number of rotatable bonds is 6. The first-order valence-electron chi connectivity index (χ1n) is 8.56. The van der Waals surface area contributed by atoms with Gasteiger partial charge in [0.05, 0.1) is 13.1 Å². The number of hydrogen-bond donors (Lipinski definition) is 2. The van der Waals surface area contributed by atoms with Crippen LogP contribution >= 0.6 is 0 Å². The molecule has 0 aromatic carbocycles. The van der Waals surface area contributed by atoms with Gasteiger partial charge >= 0.3 is 0 Å². The molecule has 1 aliphatic rings. The summed E-state index contributed by atoms with van der Waals surface area (Å²) in [6.07, 6.45) is 6.71. The first-order valence-corrected chi connectivity index (χ1v) is 8.56. The molecule has 0 aliphatic carbocycles. The van der Waals surface area contributed by atoms with Gasteiger partial charge in [0, 0.05) is 62.3 Å². The number of piperazine rings is 1. The molecule has 1 saturated heterocycles. The van der Waals surface area contributed by atoms with Gasteiger partial charge in [-0.1, -0.05) is 0 Å². The normalized spacial score (nSPS) is 14.0. The van der Waals surface area contributed by atoms with Gasteiger partial charge in [0.25, 0.3) is 0 Å². The van der Waals surface area contributed by atoms with E-state index in [0.717, 1.165) is 11.4 Å². The molecule has 8 nitrogen and oxygen atoms in total. The second-order valence-corrected chi connectivity index (χ2v) is 5.94. The maximum atomic E-state index is 12.3. The third-order valence-electron chi connectivity index (χ3n) is 4.23. The first-order chi connectivity index (χ1) is 12.7. The molecular weight excluding hydrogens is 332 g/mol. The number of pyridine rings is 2. The summed E-state index contributed by atoms with van der Waals surface area (Å²) in [6, 6.07) is 7.28. The summed E-state index contributed by atoms with van der Waals surface area (Å²) in [5.74, 6) is 0.0626. The van der Waals surface area contributed by atoms with Crippen LogP contribution in [0.15, 0.2) is 49.1 Å². The largest absolute Gasteiger partial charge is 0.376 e. The summed E-state index contributed by atoms with van der Waals surface area (Å²) < 4.78 is 0. The molecular formula is C18H22N6O2. The smallest absolute Gasteiger partial charge is 0.241 e. The number of aromatic nitrogens is 2. The van der Waals surface area contributed by atoms with Crippen LogP contribution < -0.4 is 10.6 Å². The lowest BCUT2D eigenvalue weighted by atomic mass is 10.3. The maximum Gasteiger partial charge on any atom is 0.241 e. The van der Waals surface area contributed by atoms with Crippen molar-refractivity contribution in [2.24, 2.45) is 0 Å². The van der Waals surface area contributed by atoms with Crippen molar-refractivity contribution in [1.29, 1.82) is 0 Å². The fourth-order valence-electron chi connectivity index (χ4n) is 2.72. The van der Waals surface area contributed by atoms with Crippen molar-refractivity contribution in [3.8, 4) is 0 Å². The van der Waals surface area contributed by atoms with Crippen molar-refractivity contribution in [3.63, 3.8) is 0 Å². The van der Waals surface area contributed by atoms with Gasteiger partial charge in [0.2, 0.25) is 11.8 Å². The minimum atomic E-state index is 0.0313. The van der Waals surface area contributed by atoms with Crippen LogP contribution in [0.5, 0.6) is 0 Å². The number of carbonyl (C=O) groups excluding carboxylic acids is 2. The van der Waals surface area contributed by atoms with Crippen LogP contribution in [0.25, 0.3) is 0 Å². The van der Waals surface area contributed by atoms with Gasteiger partial charge in [-0.2, -0.15) is 0 Å². The summed E-state index contributed by atoms with van der Waals surface area (Å²) in [6.45, 7) is 2.69. The Labute approximate surface area is 152 Å². The predicted octanol–water partition coefficient (Wildman–Crippen LogP) is 0.671. The number of nitrogens with one attached hydrogen (secondary N) is 2. The van der Waals surface area contributed by atoms with Crippen molar-refractivity contribution < 1.29 is 9.59 Å². The molecule has 1 fully saturated rings. The third-order valence-corrected chi connectivity index (χ3v) is 4.23. The van der Waals surface area contributed by atoms with Crippen molar-refractivity contribution in [1.82, 2.24) is 19.8 Å². The molecule has 0 spiro atoms. The molecule has 26 heavy (non-hydrogen) atoms. The fourth-order valence-corrected chi connectivity index (χ4v) is 2.72. The molecule has 0 bridgehead atoms. The Morgan fingerprint density at radius 2 is 1.08 bits per heavy atom. The van der Waals surface area contributed by atoms with Gasteiger partial charge in [-0.15, -0.1) is 0 Å². The molecule has 2 amide bonds. The quantitative estimate of drug-likeness (QED) is 0.792. The van der Waals surface area contributed by atoms with Crippen molar-refractivity contribution in [2.75, 3.05) is 49.9 Å². The number of anilines is 2. The average molecular weight is 354 g/mol. The monoisotopic (exact) mass is 354 g/mol. The molecule has 2 aromatic heterocycles. The Kier molecular flexibility index (Phi) is 5.97. The molecule has 3 rings (SSSR count). The van der Waals surface area contributed by atoms with E-state index in [1.165, 1.54) is 0 Å².